The number of benzene rings is 1. The van der Waals surface area contributed by atoms with Gasteiger partial charge in [-0.15, -0.1) is 0 Å². The quantitative estimate of drug-likeness (QED) is 0.336. The molecule has 0 aliphatic heterocycles. The molecule has 2 rings (SSSR count). The number of rotatable bonds is 12. The van der Waals surface area contributed by atoms with Gasteiger partial charge < -0.3 is 29.2 Å². The zero-order chi connectivity index (χ0) is 26.0. The number of esters is 2. The molecule has 1 aromatic rings. The van der Waals surface area contributed by atoms with Crippen LogP contribution in [0.5, 0.6) is 11.5 Å². The fourth-order valence-corrected chi connectivity index (χ4v) is 3.65. The van der Waals surface area contributed by atoms with E-state index >= 15 is 0 Å². The molecule has 0 radical (unpaired) electrons. The van der Waals surface area contributed by atoms with Crippen LogP contribution in [0.2, 0.25) is 0 Å². The Kier molecular flexibility index (Phi) is 10.2. The van der Waals surface area contributed by atoms with Gasteiger partial charge >= 0.3 is 11.9 Å². The van der Waals surface area contributed by atoms with E-state index in [0.717, 1.165) is 5.56 Å². The predicted molar refractivity (Wildman–Crippen MR) is 127 cm³/mol. The minimum Gasteiger partial charge on any atom is -0.493 e. The third-order valence-electron chi connectivity index (χ3n) is 5.42. The molecule has 35 heavy (non-hydrogen) atoms. The van der Waals surface area contributed by atoms with Crippen LogP contribution in [0.3, 0.4) is 0 Å². The van der Waals surface area contributed by atoms with Crippen LogP contribution in [0.1, 0.15) is 32.3 Å². The molecule has 0 saturated heterocycles. The fourth-order valence-electron chi connectivity index (χ4n) is 3.65. The van der Waals surface area contributed by atoms with Gasteiger partial charge in [-0.05, 0) is 55.2 Å². The van der Waals surface area contributed by atoms with Crippen LogP contribution >= 0.6 is 0 Å². The summed E-state index contributed by atoms with van der Waals surface area (Å²) in [6, 6.07) is 5.60. The summed E-state index contributed by atoms with van der Waals surface area (Å²) in [6.45, 7) is 2.01. The van der Waals surface area contributed by atoms with Gasteiger partial charge in [0.15, 0.2) is 17.3 Å². The van der Waals surface area contributed by atoms with Crippen molar-refractivity contribution < 1.29 is 43.5 Å². The van der Waals surface area contributed by atoms with Gasteiger partial charge in [-0.2, -0.15) is 0 Å². The van der Waals surface area contributed by atoms with Crippen LogP contribution < -0.4 is 9.47 Å². The SMILES string of the molecule is COc1ccc(CCCC2(O)C=CC(=O)C2=CC=CC(OC(C)=O)C(O)COC(C)=O)cc1OC. The van der Waals surface area contributed by atoms with Crippen molar-refractivity contribution in [3.8, 4) is 11.5 Å². The number of aryl methyl sites for hydroxylation is 1. The van der Waals surface area contributed by atoms with Crippen molar-refractivity contribution in [1.82, 2.24) is 0 Å². The van der Waals surface area contributed by atoms with Crippen molar-refractivity contribution in [3.05, 3.63) is 59.7 Å². The van der Waals surface area contributed by atoms with Gasteiger partial charge in [0.05, 0.1) is 14.2 Å². The van der Waals surface area contributed by atoms with Crippen molar-refractivity contribution in [2.75, 3.05) is 20.8 Å². The lowest BCUT2D eigenvalue weighted by molar-refractivity contribution is -0.154. The average Bonchev–Trinajstić information content (AvgIpc) is 3.10. The molecule has 9 heteroatoms. The van der Waals surface area contributed by atoms with Crippen molar-refractivity contribution in [3.63, 3.8) is 0 Å². The standard InChI is InChI=1S/C26H32O9/c1-17(27)34-16-22(30)23(35-18(2)28)9-5-8-20-21(29)12-14-26(20,31)13-6-7-19-10-11-24(32-3)25(15-19)33-4/h5,8-12,14-15,22-23,30-31H,6-7,13,16H2,1-4H3. The molecule has 0 aromatic heterocycles. The van der Waals surface area contributed by atoms with Gasteiger partial charge in [-0.1, -0.05) is 18.2 Å². The zero-order valence-electron chi connectivity index (χ0n) is 20.4. The maximum atomic E-state index is 12.4. The molecule has 0 saturated carbocycles. The molecule has 9 nitrogen and oxygen atoms in total. The van der Waals surface area contributed by atoms with Crippen molar-refractivity contribution in [1.29, 1.82) is 0 Å². The van der Waals surface area contributed by atoms with Gasteiger partial charge in [-0.3, -0.25) is 14.4 Å². The highest BCUT2D eigenvalue weighted by Crippen LogP contribution is 2.33. The number of ketones is 1. The molecule has 0 fully saturated rings. The first-order chi connectivity index (χ1) is 16.6. The van der Waals surface area contributed by atoms with E-state index < -0.39 is 29.7 Å². The van der Waals surface area contributed by atoms with Gasteiger partial charge in [0, 0.05) is 19.4 Å². The Morgan fingerprint density at radius 2 is 1.83 bits per heavy atom. The minimum absolute atomic E-state index is 0.164. The lowest BCUT2D eigenvalue weighted by atomic mass is 9.89. The number of allylic oxidation sites excluding steroid dienone is 3. The third-order valence-corrected chi connectivity index (χ3v) is 5.42. The van der Waals surface area contributed by atoms with E-state index in [1.54, 1.807) is 14.2 Å². The van der Waals surface area contributed by atoms with Crippen molar-refractivity contribution in [2.24, 2.45) is 0 Å². The molecule has 0 amide bonds. The van der Waals surface area contributed by atoms with Gasteiger partial charge in [0.1, 0.15) is 24.4 Å². The lowest BCUT2D eigenvalue weighted by Gasteiger charge is -2.22. The topological polar surface area (TPSA) is 129 Å². The molecule has 1 aliphatic carbocycles. The number of hydrogen-bond acceptors (Lipinski definition) is 9. The number of ether oxygens (including phenoxy) is 4. The van der Waals surface area contributed by atoms with Crippen LogP contribution in [0.4, 0.5) is 0 Å². The summed E-state index contributed by atoms with van der Waals surface area (Å²) in [4.78, 5) is 34.7. The van der Waals surface area contributed by atoms with Gasteiger partial charge in [0.25, 0.3) is 0 Å². The second-order valence-corrected chi connectivity index (χ2v) is 8.07. The van der Waals surface area contributed by atoms with Crippen LogP contribution in [-0.4, -0.2) is 66.6 Å². The summed E-state index contributed by atoms with van der Waals surface area (Å²) in [5.74, 6) is -0.324. The summed E-state index contributed by atoms with van der Waals surface area (Å²) in [5.41, 5.74) is -0.293. The number of hydrogen-bond donors (Lipinski definition) is 2. The lowest BCUT2D eigenvalue weighted by Crippen LogP contribution is -2.33. The van der Waals surface area contributed by atoms with E-state index in [1.807, 2.05) is 18.2 Å². The number of aliphatic hydroxyl groups excluding tert-OH is 1. The Morgan fingerprint density at radius 3 is 2.46 bits per heavy atom. The summed E-state index contributed by atoms with van der Waals surface area (Å²) in [5, 5.41) is 21.3. The maximum absolute atomic E-state index is 12.4. The average molecular weight is 489 g/mol. The smallest absolute Gasteiger partial charge is 0.303 e. The number of carbonyl (C=O) groups is 3. The number of carbonyl (C=O) groups excluding carboxylic acids is 3. The number of aliphatic hydroxyl groups is 2. The zero-order valence-corrected chi connectivity index (χ0v) is 20.4. The Morgan fingerprint density at radius 1 is 1.11 bits per heavy atom. The molecule has 190 valence electrons. The summed E-state index contributed by atoms with van der Waals surface area (Å²) in [7, 11) is 3.12. The molecule has 0 bridgehead atoms. The first-order valence-corrected chi connectivity index (χ1v) is 11.1. The largest absolute Gasteiger partial charge is 0.493 e. The summed E-state index contributed by atoms with van der Waals surface area (Å²) in [6.07, 6.45) is 6.10. The van der Waals surface area contributed by atoms with Crippen LogP contribution in [0, 0.1) is 0 Å². The van der Waals surface area contributed by atoms with E-state index in [9.17, 15) is 24.6 Å². The maximum Gasteiger partial charge on any atom is 0.303 e. The monoisotopic (exact) mass is 488 g/mol. The van der Waals surface area contributed by atoms with Crippen LogP contribution in [0.15, 0.2) is 54.2 Å². The fraction of sp³-hybridized carbons (Fsp3) is 0.423. The first-order valence-electron chi connectivity index (χ1n) is 11.1. The molecule has 3 atom stereocenters. The van der Waals surface area contributed by atoms with E-state index in [1.165, 1.54) is 44.2 Å². The van der Waals surface area contributed by atoms with Crippen LogP contribution in [-0.2, 0) is 30.3 Å². The first kappa shape index (κ1) is 27.8. The Labute approximate surface area is 204 Å². The molecular formula is C26H32O9. The highest BCUT2D eigenvalue weighted by atomic mass is 16.6. The Bertz CT molecular complexity index is 1010. The highest BCUT2D eigenvalue weighted by Gasteiger charge is 2.36. The van der Waals surface area contributed by atoms with Crippen LogP contribution in [0.25, 0.3) is 0 Å². The predicted octanol–water partition coefficient (Wildman–Crippen LogP) is 2.23. The molecule has 3 unspecified atom stereocenters. The molecule has 1 aromatic carbocycles. The second kappa shape index (κ2) is 12.9. The van der Waals surface area contributed by atoms with E-state index in [-0.39, 0.29) is 18.0 Å². The second-order valence-electron chi connectivity index (χ2n) is 8.07. The normalized spacial score (nSPS) is 20.2. The van der Waals surface area contributed by atoms with Crippen molar-refractivity contribution >= 4 is 17.7 Å². The summed E-state index contributed by atoms with van der Waals surface area (Å²) >= 11 is 0. The molecule has 0 heterocycles. The molecular weight excluding hydrogens is 456 g/mol. The van der Waals surface area contributed by atoms with E-state index in [2.05, 4.69) is 0 Å². The molecule has 2 N–H and O–H groups in total. The number of methoxy groups -OCH3 is 2. The Hall–Kier alpha value is -3.43. The molecule has 1 aliphatic rings. The van der Waals surface area contributed by atoms with Gasteiger partial charge in [0.2, 0.25) is 0 Å². The Balaban J connectivity index is 2.08. The summed E-state index contributed by atoms with van der Waals surface area (Å²) < 4.78 is 20.4. The third kappa shape index (κ3) is 8.08. The molecule has 0 spiro atoms. The highest BCUT2D eigenvalue weighted by molar-refractivity contribution is 6.09. The van der Waals surface area contributed by atoms with Gasteiger partial charge in [-0.25, -0.2) is 0 Å². The van der Waals surface area contributed by atoms with E-state index in [4.69, 9.17) is 18.9 Å². The van der Waals surface area contributed by atoms with E-state index in [0.29, 0.717) is 30.8 Å². The minimum atomic E-state index is -1.45. The van der Waals surface area contributed by atoms with Crippen molar-refractivity contribution in [2.45, 2.75) is 50.9 Å².